The summed E-state index contributed by atoms with van der Waals surface area (Å²) in [4.78, 5) is 0. The number of rotatable bonds is 0. The minimum atomic E-state index is 0. The number of hydrogen-bond acceptors (Lipinski definition) is 0. The van der Waals surface area contributed by atoms with E-state index in [4.69, 9.17) is 0 Å². The molecule has 0 spiro atoms. The van der Waals surface area contributed by atoms with E-state index in [1.54, 1.807) is 0 Å². The van der Waals surface area contributed by atoms with Crippen LogP contribution in [0.15, 0.2) is 0 Å². The Labute approximate surface area is 62.9 Å². The number of halogens is 1. The molecule has 0 heterocycles. The molecule has 0 fully saturated rings. The van der Waals surface area contributed by atoms with Crippen molar-refractivity contribution in [3.63, 3.8) is 0 Å². The van der Waals surface area contributed by atoms with Crippen molar-refractivity contribution in [2.45, 2.75) is 0 Å². The van der Waals surface area contributed by atoms with Crippen molar-refractivity contribution >= 4 is 36.2 Å². The molecule has 0 saturated carbocycles. The van der Waals surface area contributed by atoms with Gasteiger partial charge in [0.1, 0.15) is 0 Å². The van der Waals surface area contributed by atoms with Crippen molar-refractivity contribution in [3.05, 3.63) is 0 Å². The van der Waals surface area contributed by atoms with E-state index in [0.717, 1.165) is 0 Å². The molecule has 0 nitrogen and oxygen atoms in total. The molecule has 0 aliphatic carbocycles. The van der Waals surface area contributed by atoms with Crippen molar-refractivity contribution in [1.29, 1.82) is 0 Å². The van der Waals surface area contributed by atoms with E-state index >= 15 is 0 Å². The van der Waals surface area contributed by atoms with Crippen LogP contribution in [-0.2, 0) is 22.4 Å². The van der Waals surface area contributed by atoms with Crippen LogP contribution < -0.4 is 0 Å². The van der Waals surface area contributed by atoms with E-state index in [1.807, 2.05) is 0 Å². The van der Waals surface area contributed by atoms with Gasteiger partial charge in [0.25, 0.3) is 0 Å². The van der Waals surface area contributed by atoms with E-state index in [9.17, 15) is 0 Å². The van der Waals surface area contributed by atoms with Gasteiger partial charge in [0, 0.05) is 22.4 Å². The third-order valence-corrected chi connectivity index (χ3v) is 0. The Morgan fingerprint density at radius 1 is 1.00 bits per heavy atom. The van der Waals surface area contributed by atoms with Crippen LogP contribution in [0.1, 0.15) is 0 Å². The van der Waals surface area contributed by atoms with Gasteiger partial charge in [0.15, 0.2) is 17.4 Å². The summed E-state index contributed by atoms with van der Waals surface area (Å²) in [6.07, 6.45) is 0. The molecule has 27 valence electrons. The second-order valence-corrected chi connectivity index (χ2v) is 0. The van der Waals surface area contributed by atoms with Crippen molar-refractivity contribution in [1.82, 2.24) is 0 Å². The fraction of sp³-hybridized carbons (Fsp3) is 0. The van der Waals surface area contributed by atoms with E-state index in [1.165, 1.54) is 0 Å². The Balaban J connectivity index is 0. The van der Waals surface area contributed by atoms with E-state index < -0.39 is 0 Å². The summed E-state index contributed by atoms with van der Waals surface area (Å²) < 4.78 is 0. The Morgan fingerprint density at radius 2 is 1.00 bits per heavy atom. The average Bonchev–Trinajstić information content (AvgIpc) is 0. The molecule has 0 aromatic heterocycles. The van der Waals surface area contributed by atoms with Crippen LogP contribution in [0.2, 0.25) is 0 Å². The van der Waals surface area contributed by atoms with Crippen LogP contribution in [0.5, 0.6) is 0 Å². The summed E-state index contributed by atoms with van der Waals surface area (Å²) >= 11 is 0. The maximum absolute atomic E-state index is 0. The summed E-state index contributed by atoms with van der Waals surface area (Å²) in [5.41, 5.74) is 0. The van der Waals surface area contributed by atoms with Gasteiger partial charge in [-0.15, -0.1) is 0 Å². The van der Waals surface area contributed by atoms with Gasteiger partial charge in [-0.3, -0.25) is 4.70 Å². The second-order valence-electron chi connectivity index (χ2n) is 0. The molecule has 0 bridgehead atoms. The SMILES string of the molecule is F.[Ag].[AlH3].[LiH]. The second kappa shape index (κ2) is 21.4. The van der Waals surface area contributed by atoms with Crippen molar-refractivity contribution in [2.24, 2.45) is 0 Å². The molecule has 0 aromatic carbocycles. The Morgan fingerprint density at radius 3 is 1.00 bits per heavy atom. The Hall–Kier alpha value is 1.80. The van der Waals surface area contributed by atoms with Gasteiger partial charge < -0.3 is 0 Å². The van der Waals surface area contributed by atoms with Crippen molar-refractivity contribution in [3.8, 4) is 0 Å². The first-order valence-electron chi connectivity index (χ1n) is 0. The summed E-state index contributed by atoms with van der Waals surface area (Å²) in [6.45, 7) is 0. The van der Waals surface area contributed by atoms with Gasteiger partial charge in [0.2, 0.25) is 0 Å². The van der Waals surface area contributed by atoms with Gasteiger partial charge >= 0.3 is 18.9 Å². The summed E-state index contributed by atoms with van der Waals surface area (Å²) in [7, 11) is 0. The third kappa shape index (κ3) is 9.19. The fourth-order valence-corrected chi connectivity index (χ4v) is 0. The first-order valence-corrected chi connectivity index (χ1v) is 0. The van der Waals surface area contributed by atoms with Crippen molar-refractivity contribution in [2.75, 3.05) is 0 Å². The van der Waals surface area contributed by atoms with E-state index in [0.29, 0.717) is 0 Å². The van der Waals surface area contributed by atoms with Crippen LogP contribution in [0.25, 0.3) is 0 Å². The first-order chi connectivity index (χ1) is 0. The molecule has 0 rings (SSSR count). The van der Waals surface area contributed by atoms with Crippen LogP contribution in [0.3, 0.4) is 0 Å². The van der Waals surface area contributed by atoms with Gasteiger partial charge in [-0.2, -0.15) is 0 Å². The zero-order valence-electron chi connectivity index (χ0n) is 0.710. The molecule has 0 atom stereocenters. The Kier molecular flexibility index (Phi) is 221. The summed E-state index contributed by atoms with van der Waals surface area (Å²) in [5.74, 6) is 0. The monoisotopic (exact) mass is 165 g/mol. The molecule has 0 aliphatic heterocycles. The molecule has 0 saturated heterocycles. The molecule has 0 aromatic rings. The van der Waals surface area contributed by atoms with E-state index in [-0.39, 0.29) is 63.3 Å². The van der Waals surface area contributed by atoms with Gasteiger partial charge in [-0.1, -0.05) is 0 Å². The molecule has 0 N–H and O–H groups in total. The van der Waals surface area contributed by atoms with Crippen molar-refractivity contribution < 1.29 is 27.1 Å². The van der Waals surface area contributed by atoms with Crippen LogP contribution in [0, 0.1) is 0 Å². The molecule has 0 unspecified atom stereocenters. The van der Waals surface area contributed by atoms with Gasteiger partial charge in [-0.05, 0) is 0 Å². The quantitative estimate of drug-likeness (QED) is 0.377. The van der Waals surface area contributed by atoms with Crippen LogP contribution >= 0.6 is 0 Å². The molecule has 1 radical (unpaired) electrons. The topological polar surface area (TPSA) is 0 Å². The molecule has 0 aliphatic rings. The molecular weight excluding hydrogens is 161 g/mol. The van der Waals surface area contributed by atoms with Gasteiger partial charge in [-0.25, -0.2) is 0 Å². The average molecular weight is 166 g/mol. The summed E-state index contributed by atoms with van der Waals surface area (Å²) in [5, 5.41) is 0. The molecule has 4 heavy (non-hydrogen) atoms. The predicted octanol–water partition coefficient (Wildman–Crippen LogP) is -1.68. The molecular formula is H5AgAlFLi. The van der Waals surface area contributed by atoms with Crippen LogP contribution in [0.4, 0.5) is 4.70 Å². The van der Waals surface area contributed by atoms with Gasteiger partial charge in [0.05, 0.1) is 0 Å². The number of hydrogen-bond donors (Lipinski definition) is 0. The Bertz CT molecular complexity index is 8.00. The molecule has 0 amide bonds. The zero-order chi connectivity index (χ0) is 0. The fourth-order valence-electron chi connectivity index (χ4n) is 0. The first kappa shape index (κ1) is 41.2. The predicted molar refractivity (Wildman–Crippen MR) is 19.6 cm³/mol. The third-order valence-electron chi connectivity index (χ3n) is 0. The summed E-state index contributed by atoms with van der Waals surface area (Å²) in [6, 6.07) is 0. The molecule has 4 heteroatoms. The van der Waals surface area contributed by atoms with Crippen LogP contribution in [-0.4, -0.2) is 36.2 Å². The standard InChI is InChI=1S/Ag.Al.FH.Li.4H/h;;1H;;;;;. The minimum absolute atomic E-state index is 0. The normalized spacial score (nSPS) is 0. The maximum atomic E-state index is 0. The zero-order valence-corrected chi connectivity index (χ0v) is 2.19. The van der Waals surface area contributed by atoms with E-state index in [2.05, 4.69) is 0 Å².